The zero-order valence-electron chi connectivity index (χ0n) is 10.7. The monoisotopic (exact) mass is 218 g/mol. The van der Waals surface area contributed by atoms with Gasteiger partial charge in [0.25, 0.3) is 0 Å². The summed E-state index contributed by atoms with van der Waals surface area (Å²) in [6.07, 6.45) is 1.13. The summed E-state index contributed by atoms with van der Waals surface area (Å²) in [4.78, 5) is 4.90. The smallest absolute Gasteiger partial charge is 0.0397 e. The van der Waals surface area contributed by atoms with Crippen LogP contribution in [0.1, 0.15) is 18.1 Å². The lowest BCUT2D eigenvalue weighted by Gasteiger charge is -2.35. The van der Waals surface area contributed by atoms with Gasteiger partial charge in [0.15, 0.2) is 0 Å². The lowest BCUT2D eigenvalue weighted by Crippen LogP contribution is -2.44. The molecule has 88 valence electrons. The summed E-state index contributed by atoms with van der Waals surface area (Å²) in [7, 11) is 2.20. The van der Waals surface area contributed by atoms with Gasteiger partial charge in [0.1, 0.15) is 0 Å². The highest BCUT2D eigenvalue weighted by atomic mass is 15.2. The largest absolute Gasteiger partial charge is 0.369 e. The van der Waals surface area contributed by atoms with Crippen LogP contribution in [0.2, 0.25) is 0 Å². The molecule has 2 heteroatoms. The van der Waals surface area contributed by atoms with Gasteiger partial charge >= 0.3 is 0 Å². The van der Waals surface area contributed by atoms with Crippen molar-refractivity contribution in [3.63, 3.8) is 0 Å². The summed E-state index contributed by atoms with van der Waals surface area (Å²) in [5.74, 6) is 0. The molecule has 1 aromatic carbocycles. The summed E-state index contributed by atoms with van der Waals surface area (Å²) in [6, 6.07) is 6.88. The quantitative estimate of drug-likeness (QED) is 0.751. The van der Waals surface area contributed by atoms with Crippen molar-refractivity contribution < 1.29 is 0 Å². The van der Waals surface area contributed by atoms with Gasteiger partial charge in [0.2, 0.25) is 0 Å². The van der Waals surface area contributed by atoms with Crippen LogP contribution in [0.25, 0.3) is 0 Å². The number of hydrogen-bond acceptors (Lipinski definition) is 2. The maximum absolute atomic E-state index is 2.51. The number of piperazine rings is 1. The van der Waals surface area contributed by atoms with E-state index in [4.69, 9.17) is 0 Å². The molecule has 0 aromatic heterocycles. The zero-order valence-corrected chi connectivity index (χ0v) is 10.7. The van der Waals surface area contributed by atoms with Crippen LogP contribution >= 0.6 is 0 Å². The van der Waals surface area contributed by atoms with E-state index in [1.54, 1.807) is 0 Å². The van der Waals surface area contributed by atoms with Crippen molar-refractivity contribution in [2.24, 2.45) is 0 Å². The Kier molecular flexibility index (Phi) is 3.49. The van der Waals surface area contributed by atoms with Crippen molar-refractivity contribution in [1.29, 1.82) is 0 Å². The van der Waals surface area contributed by atoms with Gasteiger partial charge in [-0.25, -0.2) is 0 Å². The number of rotatable bonds is 2. The van der Waals surface area contributed by atoms with Gasteiger partial charge in [-0.15, -0.1) is 0 Å². The van der Waals surface area contributed by atoms with Gasteiger partial charge in [0, 0.05) is 31.9 Å². The third kappa shape index (κ3) is 2.38. The van der Waals surface area contributed by atoms with Crippen LogP contribution in [0.5, 0.6) is 0 Å². The van der Waals surface area contributed by atoms with Gasteiger partial charge in [0.05, 0.1) is 0 Å². The Morgan fingerprint density at radius 2 is 1.81 bits per heavy atom. The minimum absolute atomic E-state index is 1.13. The molecule has 1 aromatic rings. The average molecular weight is 218 g/mol. The van der Waals surface area contributed by atoms with Crippen LogP contribution in [0.4, 0.5) is 5.69 Å². The molecule has 16 heavy (non-hydrogen) atoms. The van der Waals surface area contributed by atoms with Crippen LogP contribution in [0.15, 0.2) is 18.2 Å². The molecule has 1 saturated heterocycles. The number of aryl methyl sites for hydroxylation is 2. The first-order chi connectivity index (χ1) is 7.70. The van der Waals surface area contributed by atoms with E-state index < -0.39 is 0 Å². The third-order valence-corrected chi connectivity index (χ3v) is 3.51. The molecule has 0 atom stereocenters. The summed E-state index contributed by atoms with van der Waals surface area (Å²) >= 11 is 0. The summed E-state index contributed by atoms with van der Waals surface area (Å²) in [5.41, 5.74) is 4.28. The Labute approximate surface area is 98.9 Å². The Morgan fingerprint density at radius 3 is 2.38 bits per heavy atom. The fourth-order valence-corrected chi connectivity index (χ4v) is 2.34. The lowest BCUT2D eigenvalue weighted by atomic mass is 10.1. The number of likely N-dealkylation sites (N-methyl/N-ethyl adjacent to an activating group) is 1. The summed E-state index contributed by atoms with van der Waals surface area (Å²) in [6.45, 7) is 9.10. The summed E-state index contributed by atoms with van der Waals surface area (Å²) in [5, 5.41) is 0. The Bertz CT molecular complexity index is 352. The van der Waals surface area contributed by atoms with Gasteiger partial charge in [-0.05, 0) is 37.6 Å². The van der Waals surface area contributed by atoms with Crippen LogP contribution in [-0.2, 0) is 6.42 Å². The zero-order chi connectivity index (χ0) is 11.5. The van der Waals surface area contributed by atoms with Crippen molar-refractivity contribution in [1.82, 2.24) is 4.90 Å². The predicted molar refractivity (Wildman–Crippen MR) is 70.3 cm³/mol. The van der Waals surface area contributed by atoms with E-state index in [1.165, 1.54) is 29.9 Å². The molecule has 0 spiro atoms. The summed E-state index contributed by atoms with van der Waals surface area (Å²) < 4.78 is 0. The number of nitrogens with zero attached hydrogens (tertiary/aromatic N) is 2. The standard InChI is InChI=1S/C14H22N2/c1-4-13-5-6-14(12(2)11-13)16-9-7-15(3)8-10-16/h5-6,11H,4,7-10H2,1-3H3. The van der Waals surface area contributed by atoms with Crippen LogP contribution in [0, 0.1) is 6.92 Å². The van der Waals surface area contributed by atoms with Crippen molar-refractivity contribution >= 4 is 5.69 Å². The van der Waals surface area contributed by atoms with Crippen molar-refractivity contribution in [3.8, 4) is 0 Å². The van der Waals surface area contributed by atoms with E-state index in [0.717, 1.165) is 19.5 Å². The van der Waals surface area contributed by atoms with E-state index in [9.17, 15) is 0 Å². The van der Waals surface area contributed by atoms with Gasteiger partial charge in [-0.1, -0.05) is 19.1 Å². The van der Waals surface area contributed by atoms with Gasteiger partial charge in [-0.2, -0.15) is 0 Å². The van der Waals surface area contributed by atoms with Crippen molar-refractivity contribution in [3.05, 3.63) is 29.3 Å². The molecule has 0 radical (unpaired) electrons. The molecule has 2 nitrogen and oxygen atoms in total. The van der Waals surface area contributed by atoms with Gasteiger partial charge in [-0.3, -0.25) is 0 Å². The minimum atomic E-state index is 1.13. The molecule has 0 amide bonds. The van der Waals surface area contributed by atoms with Crippen LogP contribution < -0.4 is 4.90 Å². The maximum Gasteiger partial charge on any atom is 0.0397 e. The number of benzene rings is 1. The van der Waals surface area contributed by atoms with E-state index in [2.05, 4.69) is 48.9 Å². The SMILES string of the molecule is CCc1ccc(N2CCN(C)CC2)c(C)c1. The van der Waals surface area contributed by atoms with Crippen LogP contribution in [-0.4, -0.2) is 38.1 Å². The van der Waals surface area contributed by atoms with E-state index >= 15 is 0 Å². The predicted octanol–water partition coefficient (Wildman–Crippen LogP) is 2.31. The van der Waals surface area contributed by atoms with E-state index in [1.807, 2.05) is 0 Å². The topological polar surface area (TPSA) is 6.48 Å². The van der Waals surface area contributed by atoms with Crippen molar-refractivity contribution in [2.75, 3.05) is 38.1 Å². The molecule has 0 unspecified atom stereocenters. The normalized spacial score (nSPS) is 17.8. The molecule has 1 heterocycles. The molecule has 2 rings (SSSR count). The van der Waals surface area contributed by atoms with E-state index in [0.29, 0.717) is 0 Å². The fourth-order valence-electron chi connectivity index (χ4n) is 2.34. The molecule has 1 aliphatic rings. The second kappa shape index (κ2) is 4.88. The highest BCUT2D eigenvalue weighted by molar-refractivity contribution is 5.54. The van der Waals surface area contributed by atoms with E-state index in [-0.39, 0.29) is 0 Å². The molecule has 0 bridgehead atoms. The fraction of sp³-hybridized carbons (Fsp3) is 0.571. The highest BCUT2D eigenvalue weighted by Crippen LogP contribution is 2.22. The molecule has 1 aliphatic heterocycles. The molecule has 0 aliphatic carbocycles. The molecule has 0 saturated carbocycles. The third-order valence-electron chi connectivity index (χ3n) is 3.51. The molecular weight excluding hydrogens is 196 g/mol. The second-order valence-electron chi connectivity index (χ2n) is 4.76. The Hall–Kier alpha value is -1.02. The van der Waals surface area contributed by atoms with Gasteiger partial charge < -0.3 is 9.80 Å². The molecule has 1 fully saturated rings. The van der Waals surface area contributed by atoms with Crippen molar-refractivity contribution in [2.45, 2.75) is 20.3 Å². The number of hydrogen-bond donors (Lipinski definition) is 0. The molecule has 0 N–H and O–H groups in total. The average Bonchev–Trinajstić information content (AvgIpc) is 2.30. The first kappa shape index (κ1) is 11.5. The first-order valence-electron chi connectivity index (χ1n) is 6.23. The Morgan fingerprint density at radius 1 is 1.12 bits per heavy atom. The minimum Gasteiger partial charge on any atom is -0.369 e. The maximum atomic E-state index is 2.51. The second-order valence-corrected chi connectivity index (χ2v) is 4.76. The lowest BCUT2D eigenvalue weighted by molar-refractivity contribution is 0.312. The molecular formula is C14H22N2. The number of anilines is 1. The highest BCUT2D eigenvalue weighted by Gasteiger charge is 2.15. The van der Waals surface area contributed by atoms with Crippen LogP contribution in [0.3, 0.4) is 0 Å². The Balaban J connectivity index is 2.14. The first-order valence-corrected chi connectivity index (χ1v) is 6.23.